The van der Waals surface area contributed by atoms with Gasteiger partial charge in [-0.2, -0.15) is 0 Å². The van der Waals surface area contributed by atoms with Crippen LogP contribution in [0.3, 0.4) is 0 Å². The van der Waals surface area contributed by atoms with Crippen LogP contribution in [-0.4, -0.2) is 7.05 Å². The predicted molar refractivity (Wildman–Crippen MR) is 83.9 cm³/mol. The summed E-state index contributed by atoms with van der Waals surface area (Å²) in [4.78, 5) is 1.30. The molecule has 0 aliphatic rings. The summed E-state index contributed by atoms with van der Waals surface area (Å²) in [6, 6.07) is 10.5. The van der Waals surface area contributed by atoms with Crippen molar-refractivity contribution in [2.24, 2.45) is 0 Å². The van der Waals surface area contributed by atoms with Crippen LogP contribution in [-0.2, 0) is 0 Å². The minimum Gasteiger partial charge on any atom is -0.458 e. The Morgan fingerprint density at radius 1 is 1.32 bits per heavy atom. The molecule has 3 aromatic rings. The van der Waals surface area contributed by atoms with Gasteiger partial charge in [-0.05, 0) is 59.0 Å². The Hall–Kier alpha value is -1.10. The molecule has 0 saturated heterocycles. The van der Waals surface area contributed by atoms with E-state index in [2.05, 4.69) is 51.7 Å². The third kappa shape index (κ3) is 2.24. The van der Waals surface area contributed by atoms with Crippen molar-refractivity contribution in [1.82, 2.24) is 5.32 Å². The second kappa shape index (κ2) is 5.12. The molecular formula is C15H14BrNOS. The Kier molecular flexibility index (Phi) is 3.48. The predicted octanol–water partition coefficient (Wildman–Crippen LogP) is 4.87. The van der Waals surface area contributed by atoms with E-state index in [0.29, 0.717) is 0 Å². The van der Waals surface area contributed by atoms with Crippen molar-refractivity contribution in [2.75, 3.05) is 7.05 Å². The normalized spacial score (nSPS) is 13.0. The molecule has 0 aliphatic heterocycles. The number of rotatable bonds is 3. The Morgan fingerprint density at radius 3 is 2.79 bits per heavy atom. The summed E-state index contributed by atoms with van der Waals surface area (Å²) < 4.78 is 7.02. The number of fused-ring (bicyclic) bond motifs is 1. The molecule has 2 aromatic heterocycles. The SMILES string of the molecule is CNC(c1cc2cccc(Br)c2o1)c1sccc1C. The fourth-order valence-electron chi connectivity index (χ4n) is 2.27. The van der Waals surface area contributed by atoms with Crippen LogP contribution in [0.2, 0.25) is 0 Å². The summed E-state index contributed by atoms with van der Waals surface area (Å²) in [6.07, 6.45) is 0. The Morgan fingerprint density at radius 2 is 2.16 bits per heavy atom. The molecule has 2 nitrogen and oxygen atoms in total. The highest BCUT2D eigenvalue weighted by atomic mass is 79.9. The number of hydrogen-bond donors (Lipinski definition) is 1. The average molecular weight is 336 g/mol. The molecule has 0 spiro atoms. The summed E-state index contributed by atoms with van der Waals surface area (Å²) in [5.41, 5.74) is 2.20. The largest absolute Gasteiger partial charge is 0.458 e. The molecule has 3 rings (SSSR count). The van der Waals surface area contributed by atoms with E-state index in [9.17, 15) is 0 Å². The monoisotopic (exact) mass is 335 g/mol. The van der Waals surface area contributed by atoms with Crippen LogP contribution in [0.4, 0.5) is 0 Å². The van der Waals surface area contributed by atoms with Gasteiger partial charge in [0.1, 0.15) is 17.4 Å². The van der Waals surface area contributed by atoms with Crippen molar-refractivity contribution in [3.8, 4) is 0 Å². The summed E-state index contributed by atoms with van der Waals surface area (Å²) >= 11 is 5.29. The number of hydrogen-bond acceptors (Lipinski definition) is 3. The van der Waals surface area contributed by atoms with Crippen molar-refractivity contribution < 1.29 is 4.42 Å². The molecule has 0 aliphatic carbocycles. The zero-order valence-corrected chi connectivity index (χ0v) is 13.1. The number of halogens is 1. The summed E-state index contributed by atoms with van der Waals surface area (Å²) in [7, 11) is 1.96. The summed E-state index contributed by atoms with van der Waals surface area (Å²) in [5.74, 6) is 0.954. The Balaban J connectivity index is 2.12. The van der Waals surface area contributed by atoms with E-state index >= 15 is 0 Å². The van der Waals surface area contributed by atoms with Gasteiger partial charge in [0.25, 0.3) is 0 Å². The number of aryl methyl sites for hydroxylation is 1. The number of benzene rings is 1. The minimum absolute atomic E-state index is 0.110. The molecule has 0 radical (unpaired) electrons. The minimum atomic E-state index is 0.110. The molecule has 0 amide bonds. The molecule has 19 heavy (non-hydrogen) atoms. The molecule has 4 heteroatoms. The third-order valence-corrected chi connectivity index (χ3v) is 4.96. The lowest BCUT2D eigenvalue weighted by atomic mass is 10.1. The summed E-state index contributed by atoms with van der Waals surface area (Å²) in [6.45, 7) is 2.13. The second-order valence-corrected chi connectivity index (χ2v) is 6.30. The van der Waals surface area contributed by atoms with Crippen molar-refractivity contribution in [1.29, 1.82) is 0 Å². The smallest absolute Gasteiger partial charge is 0.148 e. The average Bonchev–Trinajstić information content (AvgIpc) is 2.99. The highest BCUT2D eigenvalue weighted by Crippen LogP contribution is 2.34. The maximum absolute atomic E-state index is 6.03. The van der Waals surface area contributed by atoms with E-state index in [0.717, 1.165) is 21.2 Å². The first-order valence-electron chi connectivity index (χ1n) is 6.10. The molecule has 1 unspecified atom stereocenters. The van der Waals surface area contributed by atoms with E-state index in [1.165, 1.54) is 10.4 Å². The van der Waals surface area contributed by atoms with Gasteiger partial charge in [-0.1, -0.05) is 12.1 Å². The maximum atomic E-state index is 6.03. The lowest BCUT2D eigenvalue weighted by Crippen LogP contribution is -2.16. The zero-order valence-electron chi connectivity index (χ0n) is 10.7. The number of nitrogens with one attached hydrogen (secondary N) is 1. The van der Waals surface area contributed by atoms with Crippen LogP contribution >= 0.6 is 27.3 Å². The molecule has 1 N–H and O–H groups in total. The Labute approximate surface area is 124 Å². The van der Waals surface area contributed by atoms with Gasteiger partial charge in [0.05, 0.1) is 4.47 Å². The first-order valence-corrected chi connectivity index (χ1v) is 7.77. The molecule has 1 atom stereocenters. The van der Waals surface area contributed by atoms with Gasteiger partial charge in [0, 0.05) is 10.3 Å². The number of para-hydroxylation sites is 1. The molecule has 2 heterocycles. The fourth-order valence-corrected chi connectivity index (χ4v) is 3.78. The van der Waals surface area contributed by atoms with Gasteiger partial charge in [-0.25, -0.2) is 0 Å². The fraction of sp³-hybridized carbons (Fsp3) is 0.200. The highest BCUT2D eigenvalue weighted by molar-refractivity contribution is 9.10. The topological polar surface area (TPSA) is 25.2 Å². The lowest BCUT2D eigenvalue weighted by Gasteiger charge is -2.12. The number of furan rings is 1. The van der Waals surface area contributed by atoms with Crippen LogP contribution in [0.1, 0.15) is 22.2 Å². The van der Waals surface area contributed by atoms with Gasteiger partial charge in [-0.15, -0.1) is 11.3 Å². The first-order chi connectivity index (χ1) is 9.20. The zero-order chi connectivity index (χ0) is 13.4. The summed E-state index contributed by atoms with van der Waals surface area (Å²) in [5, 5.41) is 6.59. The number of thiophene rings is 1. The van der Waals surface area contributed by atoms with Gasteiger partial charge in [-0.3, -0.25) is 0 Å². The van der Waals surface area contributed by atoms with E-state index in [1.807, 2.05) is 19.2 Å². The van der Waals surface area contributed by atoms with Gasteiger partial charge in [0.15, 0.2) is 0 Å². The third-order valence-electron chi connectivity index (χ3n) is 3.25. The quantitative estimate of drug-likeness (QED) is 0.738. The second-order valence-electron chi connectivity index (χ2n) is 4.50. The van der Waals surface area contributed by atoms with Crippen LogP contribution < -0.4 is 5.32 Å². The van der Waals surface area contributed by atoms with E-state index < -0.39 is 0 Å². The van der Waals surface area contributed by atoms with Crippen LogP contribution in [0.15, 0.2) is 44.6 Å². The van der Waals surface area contributed by atoms with Crippen molar-refractivity contribution in [3.05, 3.63) is 56.4 Å². The van der Waals surface area contributed by atoms with Gasteiger partial charge < -0.3 is 9.73 Å². The van der Waals surface area contributed by atoms with Crippen LogP contribution in [0, 0.1) is 6.92 Å². The molecular weight excluding hydrogens is 322 g/mol. The van der Waals surface area contributed by atoms with Crippen LogP contribution in [0.25, 0.3) is 11.0 Å². The molecule has 1 aromatic carbocycles. The highest BCUT2D eigenvalue weighted by Gasteiger charge is 2.20. The molecule has 98 valence electrons. The molecule has 0 fully saturated rings. The lowest BCUT2D eigenvalue weighted by molar-refractivity contribution is 0.493. The van der Waals surface area contributed by atoms with Crippen molar-refractivity contribution >= 4 is 38.2 Å². The Bertz CT molecular complexity index is 716. The van der Waals surface area contributed by atoms with E-state index in [4.69, 9.17) is 4.42 Å². The van der Waals surface area contributed by atoms with Crippen LogP contribution in [0.5, 0.6) is 0 Å². The van der Waals surface area contributed by atoms with E-state index in [-0.39, 0.29) is 6.04 Å². The maximum Gasteiger partial charge on any atom is 0.148 e. The van der Waals surface area contributed by atoms with Crippen molar-refractivity contribution in [3.63, 3.8) is 0 Å². The molecule has 0 bridgehead atoms. The van der Waals surface area contributed by atoms with E-state index in [1.54, 1.807) is 11.3 Å². The first kappa shape index (κ1) is 12.9. The van der Waals surface area contributed by atoms with Crippen molar-refractivity contribution in [2.45, 2.75) is 13.0 Å². The van der Waals surface area contributed by atoms with Gasteiger partial charge >= 0.3 is 0 Å². The van der Waals surface area contributed by atoms with Gasteiger partial charge in [0.2, 0.25) is 0 Å². The molecule has 0 saturated carbocycles. The standard InChI is InChI=1S/C15H14BrNOS/c1-9-6-7-19-15(9)13(17-2)12-8-10-4-3-5-11(16)14(10)18-12/h3-8,13,17H,1-2H3.